The molecule has 3 N–H and O–H groups in total. The van der Waals surface area contributed by atoms with E-state index in [1.165, 1.54) is 0 Å². The largest absolute Gasteiger partial charge is 0.508 e. The van der Waals surface area contributed by atoms with E-state index in [1.807, 2.05) is 25.1 Å². The lowest BCUT2D eigenvalue weighted by Crippen LogP contribution is -1.89. The summed E-state index contributed by atoms with van der Waals surface area (Å²) in [6.45, 7) is 1.73. The standard InChI is InChI=1S/C16H14O3/c1-9-13-3-2-10-6-12(18)7-11(8-17)16(10)14(13)4-5-15(9)19/h2-7,17-19H,8H2,1H3. The molecule has 0 spiro atoms. The van der Waals surface area contributed by atoms with E-state index < -0.39 is 0 Å². The van der Waals surface area contributed by atoms with E-state index in [4.69, 9.17) is 0 Å². The molecule has 0 unspecified atom stereocenters. The molecular weight excluding hydrogens is 240 g/mol. The Hall–Kier alpha value is -2.26. The lowest BCUT2D eigenvalue weighted by atomic mass is 9.95. The van der Waals surface area contributed by atoms with Gasteiger partial charge in [-0.1, -0.05) is 18.2 Å². The summed E-state index contributed by atoms with van der Waals surface area (Å²) in [4.78, 5) is 0. The molecule has 3 nitrogen and oxygen atoms in total. The normalized spacial score (nSPS) is 11.3. The molecule has 0 bridgehead atoms. The summed E-state index contributed by atoms with van der Waals surface area (Å²) in [6, 6.07) is 10.6. The summed E-state index contributed by atoms with van der Waals surface area (Å²) < 4.78 is 0. The first-order valence-corrected chi connectivity index (χ1v) is 6.09. The Morgan fingerprint density at radius 3 is 2.42 bits per heavy atom. The Kier molecular flexibility index (Phi) is 2.57. The molecule has 3 rings (SSSR count). The summed E-state index contributed by atoms with van der Waals surface area (Å²) in [7, 11) is 0. The Morgan fingerprint density at radius 1 is 0.947 bits per heavy atom. The number of hydrogen-bond donors (Lipinski definition) is 3. The highest BCUT2D eigenvalue weighted by Gasteiger charge is 2.10. The fraction of sp³-hybridized carbons (Fsp3) is 0.125. The number of aliphatic hydroxyl groups excluding tert-OH is 1. The molecular formula is C16H14O3. The van der Waals surface area contributed by atoms with Crippen molar-refractivity contribution in [2.45, 2.75) is 13.5 Å². The number of fused-ring (bicyclic) bond motifs is 3. The highest BCUT2D eigenvalue weighted by atomic mass is 16.3. The number of phenolic OH excluding ortho intramolecular Hbond substituents is 2. The van der Waals surface area contributed by atoms with Gasteiger partial charge in [-0.2, -0.15) is 0 Å². The Labute approximate surface area is 110 Å². The molecule has 3 heteroatoms. The van der Waals surface area contributed by atoms with E-state index in [2.05, 4.69) is 0 Å². The Balaban J connectivity index is 2.56. The average molecular weight is 254 g/mol. The van der Waals surface area contributed by atoms with Gasteiger partial charge < -0.3 is 15.3 Å². The highest BCUT2D eigenvalue weighted by molar-refractivity contribution is 6.10. The van der Waals surface area contributed by atoms with Crippen LogP contribution in [0.15, 0.2) is 36.4 Å². The number of aromatic hydroxyl groups is 2. The quantitative estimate of drug-likeness (QED) is 0.584. The minimum atomic E-state index is -0.135. The second kappa shape index (κ2) is 4.14. The van der Waals surface area contributed by atoms with Gasteiger partial charge in [-0.25, -0.2) is 0 Å². The van der Waals surface area contributed by atoms with E-state index in [0.29, 0.717) is 5.56 Å². The summed E-state index contributed by atoms with van der Waals surface area (Å²) in [6.07, 6.45) is 0. The van der Waals surface area contributed by atoms with Crippen LogP contribution in [-0.4, -0.2) is 15.3 Å². The van der Waals surface area contributed by atoms with Gasteiger partial charge >= 0.3 is 0 Å². The third kappa shape index (κ3) is 1.71. The van der Waals surface area contributed by atoms with E-state index in [9.17, 15) is 15.3 Å². The average Bonchev–Trinajstić information content (AvgIpc) is 2.41. The topological polar surface area (TPSA) is 60.7 Å². The van der Waals surface area contributed by atoms with Crippen molar-refractivity contribution in [2.24, 2.45) is 0 Å². The van der Waals surface area contributed by atoms with Gasteiger partial charge in [-0.05, 0) is 57.8 Å². The van der Waals surface area contributed by atoms with Crippen LogP contribution in [0.3, 0.4) is 0 Å². The molecule has 96 valence electrons. The third-order valence-corrected chi connectivity index (χ3v) is 3.59. The summed E-state index contributed by atoms with van der Waals surface area (Å²) in [5.41, 5.74) is 1.50. The summed E-state index contributed by atoms with van der Waals surface area (Å²) in [5.74, 6) is 0.405. The van der Waals surface area contributed by atoms with Crippen LogP contribution < -0.4 is 0 Å². The van der Waals surface area contributed by atoms with Crippen molar-refractivity contribution in [3.63, 3.8) is 0 Å². The summed E-state index contributed by atoms with van der Waals surface area (Å²) >= 11 is 0. The van der Waals surface area contributed by atoms with Crippen molar-refractivity contribution in [1.29, 1.82) is 0 Å². The SMILES string of the molecule is Cc1c(O)ccc2c1ccc1cc(O)cc(CO)c12. The van der Waals surface area contributed by atoms with Gasteiger partial charge in [0.1, 0.15) is 11.5 Å². The van der Waals surface area contributed by atoms with Crippen LogP contribution in [0.1, 0.15) is 11.1 Å². The third-order valence-electron chi connectivity index (χ3n) is 3.59. The molecule has 19 heavy (non-hydrogen) atoms. The molecule has 0 aliphatic heterocycles. The van der Waals surface area contributed by atoms with Gasteiger partial charge in [0.15, 0.2) is 0 Å². The maximum atomic E-state index is 9.77. The van der Waals surface area contributed by atoms with Crippen molar-refractivity contribution < 1.29 is 15.3 Å². The molecule has 0 heterocycles. The lowest BCUT2D eigenvalue weighted by Gasteiger charge is -2.11. The lowest BCUT2D eigenvalue weighted by molar-refractivity contribution is 0.283. The number of hydrogen-bond acceptors (Lipinski definition) is 3. The van der Waals surface area contributed by atoms with Crippen LogP contribution in [0.5, 0.6) is 11.5 Å². The molecule has 0 fully saturated rings. The minimum absolute atomic E-state index is 0.135. The number of phenols is 2. The predicted octanol–water partition coefficient (Wildman–Crippen LogP) is 3.20. The molecule has 0 aliphatic rings. The van der Waals surface area contributed by atoms with Crippen LogP contribution in [0.2, 0.25) is 0 Å². The van der Waals surface area contributed by atoms with Gasteiger partial charge in [0, 0.05) is 0 Å². The van der Waals surface area contributed by atoms with Crippen molar-refractivity contribution >= 4 is 21.5 Å². The fourth-order valence-corrected chi connectivity index (χ4v) is 2.62. The van der Waals surface area contributed by atoms with Crippen molar-refractivity contribution in [2.75, 3.05) is 0 Å². The molecule has 0 atom stereocenters. The fourth-order valence-electron chi connectivity index (χ4n) is 2.62. The predicted molar refractivity (Wildman–Crippen MR) is 75.4 cm³/mol. The molecule has 0 aliphatic carbocycles. The van der Waals surface area contributed by atoms with Crippen LogP contribution >= 0.6 is 0 Å². The smallest absolute Gasteiger partial charge is 0.119 e. The van der Waals surface area contributed by atoms with Gasteiger partial charge in [-0.3, -0.25) is 0 Å². The molecule has 0 saturated carbocycles. The second-order valence-corrected chi connectivity index (χ2v) is 4.73. The second-order valence-electron chi connectivity index (χ2n) is 4.73. The summed E-state index contributed by atoms with van der Waals surface area (Å²) in [5, 5.41) is 32.6. The van der Waals surface area contributed by atoms with Crippen molar-refractivity contribution in [1.82, 2.24) is 0 Å². The van der Waals surface area contributed by atoms with Gasteiger partial charge in [-0.15, -0.1) is 0 Å². The monoisotopic (exact) mass is 254 g/mol. The van der Waals surface area contributed by atoms with Gasteiger partial charge in [0.2, 0.25) is 0 Å². The molecule has 0 aromatic heterocycles. The minimum Gasteiger partial charge on any atom is -0.508 e. The van der Waals surface area contributed by atoms with Gasteiger partial charge in [0.05, 0.1) is 6.61 Å². The number of benzene rings is 3. The van der Waals surface area contributed by atoms with E-state index in [-0.39, 0.29) is 18.1 Å². The zero-order chi connectivity index (χ0) is 13.6. The maximum absolute atomic E-state index is 9.77. The first-order valence-electron chi connectivity index (χ1n) is 6.09. The number of rotatable bonds is 1. The van der Waals surface area contributed by atoms with Gasteiger partial charge in [0.25, 0.3) is 0 Å². The van der Waals surface area contributed by atoms with E-state index >= 15 is 0 Å². The first kappa shape index (κ1) is 11.8. The number of aliphatic hydroxyl groups is 1. The van der Waals surface area contributed by atoms with Crippen LogP contribution in [0, 0.1) is 6.92 Å². The zero-order valence-electron chi connectivity index (χ0n) is 10.5. The number of aryl methyl sites for hydroxylation is 1. The van der Waals surface area contributed by atoms with Crippen LogP contribution in [-0.2, 0) is 6.61 Å². The Bertz CT molecular complexity index is 791. The molecule has 0 saturated heterocycles. The van der Waals surface area contributed by atoms with E-state index in [0.717, 1.165) is 27.1 Å². The maximum Gasteiger partial charge on any atom is 0.119 e. The Morgan fingerprint density at radius 2 is 1.68 bits per heavy atom. The van der Waals surface area contributed by atoms with E-state index in [1.54, 1.807) is 18.2 Å². The molecule has 0 radical (unpaired) electrons. The molecule has 0 amide bonds. The first-order chi connectivity index (χ1) is 9.11. The van der Waals surface area contributed by atoms with Crippen molar-refractivity contribution in [3.05, 3.63) is 47.5 Å². The van der Waals surface area contributed by atoms with Crippen LogP contribution in [0.4, 0.5) is 0 Å². The van der Waals surface area contributed by atoms with Crippen LogP contribution in [0.25, 0.3) is 21.5 Å². The zero-order valence-corrected chi connectivity index (χ0v) is 10.5. The van der Waals surface area contributed by atoms with Crippen molar-refractivity contribution in [3.8, 4) is 11.5 Å². The highest BCUT2D eigenvalue weighted by Crippen LogP contribution is 2.35. The molecule has 3 aromatic carbocycles. The molecule has 3 aromatic rings.